The maximum Gasteiger partial charge on any atom is 0.262 e. The van der Waals surface area contributed by atoms with Gasteiger partial charge in [-0.25, -0.2) is 9.37 Å². The molecule has 1 aliphatic heterocycles. The minimum absolute atomic E-state index is 0.121. The van der Waals surface area contributed by atoms with Crippen molar-refractivity contribution in [3.8, 4) is 17.5 Å². The van der Waals surface area contributed by atoms with Crippen LogP contribution in [0, 0.1) is 31.5 Å². The first-order valence-corrected chi connectivity index (χ1v) is 11.8. The molecule has 0 bridgehead atoms. The van der Waals surface area contributed by atoms with E-state index in [1.807, 2.05) is 47.9 Å². The van der Waals surface area contributed by atoms with E-state index < -0.39 is 0 Å². The molecule has 1 aliphatic rings. The second kappa shape index (κ2) is 8.95. The van der Waals surface area contributed by atoms with Gasteiger partial charge in [0.05, 0.1) is 28.8 Å². The molecule has 0 radical (unpaired) electrons. The van der Waals surface area contributed by atoms with Crippen LogP contribution in [0.3, 0.4) is 0 Å². The molecule has 0 saturated heterocycles. The predicted molar refractivity (Wildman–Crippen MR) is 139 cm³/mol. The molecule has 0 spiro atoms. The van der Waals surface area contributed by atoms with Crippen LogP contribution < -0.4 is 5.56 Å². The summed E-state index contributed by atoms with van der Waals surface area (Å²) in [6.45, 7) is 4.15. The molecule has 180 valence electrons. The van der Waals surface area contributed by atoms with Crippen LogP contribution in [-0.2, 0) is 13.1 Å². The van der Waals surface area contributed by atoms with Crippen molar-refractivity contribution in [2.75, 3.05) is 0 Å². The number of hydrogen-bond donors (Lipinski definition) is 0. The van der Waals surface area contributed by atoms with Crippen LogP contribution in [0.5, 0.6) is 0 Å². The number of aryl methyl sites for hydroxylation is 2. The maximum absolute atomic E-state index is 14.8. The van der Waals surface area contributed by atoms with Gasteiger partial charge >= 0.3 is 0 Å². The van der Waals surface area contributed by atoms with Crippen LogP contribution in [0.15, 0.2) is 76.5 Å². The fraction of sp³-hybridized carbons (Fsp3) is 0.138. The number of fused-ring (bicyclic) bond motifs is 4. The van der Waals surface area contributed by atoms with Crippen LogP contribution in [0.25, 0.3) is 16.6 Å². The lowest BCUT2D eigenvalue weighted by atomic mass is 9.98. The second-order valence-corrected chi connectivity index (χ2v) is 8.74. The van der Waals surface area contributed by atoms with Crippen molar-refractivity contribution in [1.29, 1.82) is 0 Å². The number of nitrogens with zero attached hydrogens (tertiary/aromatic N) is 6. The van der Waals surface area contributed by atoms with Gasteiger partial charge in [-0.15, -0.1) is 10.2 Å². The Balaban J connectivity index is 1.43. The third kappa shape index (κ3) is 3.91. The van der Waals surface area contributed by atoms with Gasteiger partial charge in [-0.2, -0.15) is 0 Å². The molecule has 37 heavy (non-hydrogen) atoms. The third-order valence-electron chi connectivity index (χ3n) is 6.41. The van der Waals surface area contributed by atoms with Gasteiger partial charge in [0.15, 0.2) is 5.82 Å². The molecular formula is C29H21FN6O. The Morgan fingerprint density at radius 2 is 1.76 bits per heavy atom. The van der Waals surface area contributed by atoms with Gasteiger partial charge in [-0.05, 0) is 56.3 Å². The Morgan fingerprint density at radius 1 is 0.946 bits per heavy atom. The summed E-state index contributed by atoms with van der Waals surface area (Å²) in [5, 5.41) is 9.02. The van der Waals surface area contributed by atoms with Crippen LogP contribution in [0.2, 0.25) is 0 Å². The number of benzene rings is 3. The Bertz CT molecular complexity index is 1850. The van der Waals surface area contributed by atoms with Crippen LogP contribution in [0.1, 0.15) is 34.2 Å². The minimum atomic E-state index is -0.350. The van der Waals surface area contributed by atoms with Crippen LogP contribution in [0.4, 0.5) is 4.39 Å². The lowest BCUT2D eigenvalue weighted by Crippen LogP contribution is -2.23. The summed E-state index contributed by atoms with van der Waals surface area (Å²) in [7, 11) is 0. The standard InChI is InChI=1S/C29H21FN6O/c1-18-32-25-12-6-4-10-22(25)29(37)35(18)15-7-8-20-13-14-26-23(16-20)28(21-9-3-5-11-24(21)30)31-17-27-34-33-19(2)36(26)27/h3-6,9-14,16H,15,17H2,1-2H3. The lowest BCUT2D eigenvalue weighted by Gasteiger charge is -2.13. The molecule has 0 amide bonds. The zero-order chi connectivity index (χ0) is 25.5. The van der Waals surface area contributed by atoms with Crippen molar-refractivity contribution < 1.29 is 4.39 Å². The van der Waals surface area contributed by atoms with E-state index in [1.165, 1.54) is 6.07 Å². The van der Waals surface area contributed by atoms with E-state index in [0.29, 0.717) is 33.8 Å². The molecule has 2 aromatic heterocycles. The summed E-state index contributed by atoms with van der Waals surface area (Å²) >= 11 is 0. The molecule has 5 aromatic rings. The number of halogens is 1. The number of aliphatic imine (C=N–C) groups is 1. The Kier molecular flexibility index (Phi) is 5.46. The van der Waals surface area contributed by atoms with Crippen molar-refractivity contribution in [2.45, 2.75) is 26.9 Å². The zero-order valence-corrected chi connectivity index (χ0v) is 20.2. The summed E-state index contributed by atoms with van der Waals surface area (Å²) in [4.78, 5) is 22.2. The topological polar surface area (TPSA) is 78.0 Å². The fourth-order valence-corrected chi connectivity index (χ4v) is 4.62. The highest BCUT2D eigenvalue weighted by Crippen LogP contribution is 2.27. The molecule has 3 aromatic carbocycles. The molecule has 7 nitrogen and oxygen atoms in total. The normalized spacial score (nSPS) is 12.2. The highest BCUT2D eigenvalue weighted by molar-refractivity contribution is 6.15. The average Bonchev–Trinajstić information content (AvgIpc) is 3.18. The largest absolute Gasteiger partial charge is 0.284 e. The number of rotatable bonds is 2. The van der Waals surface area contributed by atoms with Gasteiger partial charge in [0.2, 0.25) is 0 Å². The molecule has 0 fully saturated rings. The summed E-state index contributed by atoms with van der Waals surface area (Å²) in [5.74, 6) is 7.92. The van der Waals surface area contributed by atoms with Crippen molar-refractivity contribution >= 4 is 16.6 Å². The Morgan fingerprint density at radius 3 is 2.62 bits per heavy atom. The van der Waals surface area contributed by atoms with Gasteiger partial charge in [0.25, 0.3) is 5.56 Å². The van der Waals surface area contributed by atoms with Crippen molar-refractivity contribution in [1.82, 2.24) is 24.3 Å². The highest BCUT2D eigenvalue weighted by atomic mass is 19.1. The van der Waals surface area contributed by atoms with Crippen molar-refractivity contribution in [3.63, 3.8) is 0 Å². The van der Waals surface area contributed by atoms with E-state index in [9.17, 15) is 9.18 Å². The maximum atomic E-state index is 14.8. The molecule has 0 saturated carbocycles. The lowest BCUT2D eigenvalue weighted by molar-refractivity contribution is 0.625. The quantitative estimate of drug-likeness (QED) is 0.350. The van der Waals surface area contributed by atoms with Gasteiger partial charge in [-0.1, -0.05) is 36.1 Å². The van der Waals surface area contributed by atoms with E-state index in [2.05, 4.69) is 27.0 Å². The van der Waals surface area contributed by atoms with Crippen molar-refractivity contribution in [2.24, 2.45) is 4.99 Å². The molecule has 0 unspecified atom stereocenters. The molecular weight excluding hydrogens is 467 g/mol. The summed E-state index contributed by atoms with van der Waals surface area (Å²) < 4.78 is 18.3. The SMILES string of the molecule is Cc1nnc2n1-c1ccc(C#CCn3c(C)nc4ccccc4c3=O)cc1C(c1ccccc1F)=NC2. The Labute approximate surface area is 212 Å². The Hall–Kier alpha value is -4.90. The number of para-hydroxylation sites is 1. The number of hydrogen-bond acceptors (Lipinski definition) is 5. The molecule has 0 aliphatic carbocycles. The summed E-state index contributed by atoms with van der Waals surface area (Å²) in [6, 6.07) is 19.6. The third-order valence-corrected chi connectivity index (χ3v) is 6.41. The number of aromatic nitrogens is 5. The average molecular weight is 489 g/mol. The first-order chi connectivity index (χ1) is 18.0. The molecule has 8 heteroatoms. The highest BCUT2D eigenvalue weighted by Gasteiger charge is 2.23. The smallest absolute Gasteiger partial charge is 0.262 e. The summed E-state index contributed by atoms with van der Waals surface area (Å²) in [6.07, 6.45) is 0. The zero-order valence-electron chi connectivity index (χ0n) is 20.2. The molecule has 3 heterocycles. The van der Waals surface area contributed by atoms with Crippen molar-refractivity contribution in [3.05, 3.63) is 117 Å². The summed E-state index contributed by atoms with van der Waals surface area (Å²) in [5.41, 5.74) is 3.76. The van der Waals surface area contributed by atoms with E-state index in [-0.39, 0.29) is 24.5 Å². The van der Waals surface area contributed by atoms with Gasteiger partial charge in [-0.3, -0.25) is 18.9 Å². The van der Waals surface area contributed by atoms with E-state index in [0.717, 1.165) is 22.6 Å². The first kappa shape index (κ1) is 22.6. The van der Waals surface area contributed by atoms with E-state index in [1.54, 1.807) is 35.8 Å². The fourth-order valence-electron chi connectivity index (χ4n) is 4.62. The molecule has 0 atom stereocenters. The second-order valence-electron chi connectivity index (χ2n) is 8.74. The predicted octanol–water partition coefficient (Wildman–Crippen LogP) is 4.14. The molecule has 6 rings (SSSR count). The van der Waals surface area contributed by atoms with Crippen LogP contribution >= 0.6 is 0 Å². The minimum Gasteiger partial charge on any atom is -0.284 e. The van der Waals surface area contributed by atoms with Gasteiger partial charge < -0.3 is 0 Å². The van der Waals surface area contributed by atoms with E-state index >= 15 is 0 Å². The first-order valence-electron chi connectivity index (χ1n) is 11.8. The van der Waals surface area contributed by atoms with Gasteiger partial charge in [0, 0.05) is 16.7 Å². The van der Waals surface area contributed by atoms with E-state index in [4.69, 9.17) is 4.99 Å². The monoisotopic (exact) mass is 488 g/mol. The van der Waals surface area contributed by atoms with Gasteiger partial charge in [0.1, 0.15) is 24.0 Å². The molecule has 0 N–H and O–H groups in total. The van der Waals surface area contributed by atoms with Crippen LogP contribution in [-0.4, -0.2) is 30.0 Å².